The van der Waals surface area contributed by atoms with Crippen LogP contribution in [0.25, 0.3) is 0 Å². The molecule has 0 fully saturated rings. The van der Waals surface area contributed by atoms with Crippen molar-refractivity contribution in [1.29, 1.82) is 0 Å². The predicted molar refractivity (Wildman–Crippen MR) is 68.0 cm³/mol. The van der Waals surface area contributed by atoms with Gasteiger partial charge in [0.05, 0.1) is 6.61 Å². The Balaban J connectivity index is 2.14. The molecule has 5 nitrogen and oxygen atoms in total. The molecule has 0 saturated heterocycles. The van der Waals surface area contributed by atoms with Crippen molar-refractivity contribution in [3.63, 3.8) is 0 Å². The summed E-state index contributed by atoms with van der Waals surface area (Å²) in [6.07, 6.45) is 0.899. The van der Waals surface area contributed by atoms with E-state index in [1.165, 1.54) is 0 Å². The molecular weight excluding hydrogens is 232 g/mol. The SMILES string of the molecule is CC(NC(=O)CCCOc1ccccc1)C(N)=O. The molecule has 2 amide bonds. The number of carbonyl (C=O) groups is 2. The minimum absolute atomic E-state index is 0.196. The smallest absolute Gasteiger partial charge is 0.239 e. The van der Waals surface area contributed by atoms with Crippen LogP contribution < -0.4 is 15.8 Å². The lowest BCUT2D eigenvalue weighted by atomic mass is 10.2. The van der Waals surface area contributed by atoms with E-state index < -0.39 is 11.9 Å². The zero-order valence-electron chi connectivity index (χ0n) is 10.4. The van der Waals surface area contributed by atoms with Crippen molar-refractivity contribution in [2.24, 2.45) is 5.73 Å². The number of nitrogens with two attached hydrogens (primary N) is 1. The number of hydrogen-bond acceptors (Lipinski definition) is 3. The third-order valence-electron chi connectivity index (χ3n) is 2.36. The van der Waals surface area contributed by atoms with Crippen LogP contribution in [-0.4, -0.2) is 24.5 Å². The van der Waals surface area contributed by atoms with Gasteiger partial charge in [0.1, 0.15) is 11.8 Å². The minimum Gasteiger partial charge on any atom is -0.494 e. The fourth-order valence-corrected chi connectivity index (χ4v) is 1.32. The number of rotatable bonds is 7. The third kappa shape index (κ3) is 5.34. The molecule has 3 N–H and O–H groups in total. The van der Waals surface area contributed by atoms with Crippen molar-refractivity contribution < 1.29 is 14.3 Å². The molecule has 1 atom stereocenters. The van der Waals surface area contributed by atoms with Crippen molar-refractivity contribution in [3.05, 3.63) is 30.3 Å². The molecule has 0 bridgehead atoms. The van der Waals surface area contributed by atoms with Crippen LogP contribution in [-0.2, 0) is 9.59 Å². The molecule has 5 heteroatoms. The Morgan fingerprint density at radius 1 is 1.33 bits per heavy atom. The first-order valence-corrected chi connectivity index (χ1v) is 5.86. The molecule has 0 heterocycles. The number of para-hydroxylation sites is 1. The highest BCUT2D eigenvalue weighted by molar-refractivity contribution is 5.86. The first-order chi connectivity index (χ1) is 8.59. The van der Waals surface area contributed by atoms with Gasteiger partial charge in [0.2, 0.25) is 11.8 Å². The lowest BCUT2D eigenvalue weighted by molar-refractivity contribution is -0.127. The van der Waals surface area contributed by atoms with E-state index in [0.29, 0.717) is 19.4 Å². The van der Waals surface area contributed by atoms with Gasteiger partial charge in [-0.1, -0.05) is 18.2 Å². The van der Waals surface area contributed by atoms with Crippen LogP contribution >= 0.6 is 0 Å². The minimum atomic E-state index is -0.632. The lowest BCUT2D eigenvalue weighted by Crippen LogP contribution is -2.42. The molecule has 0 aliphatic heterocycles. The van der Waals surface area contributed by atoms with E-state index in [1.54, 1.807) is 6.92 Å². The van der Waals surface area contributed by atoms with Gasteiger partial charge in [0.15, 0.2) is 0 Å². The highest BCUT2D eigenvalue weighted by atomic mass is 16.5. The summed E-state index contributed by atoms with van der Waals surface area (Å²) >= 11 is 0. The maximum atomic E-state index is 11.4. The van der Waals surface area contributed by atoms with Gasteiger partial charge in [0, 0.05) is 6.42 Å². The van der Waals surface area contributed by atoms with Gasteiger partial charge in [-0.15, -0.1) is 0 Å². The maximum absolute atomic E-state index is 11.4. The van der Waals surface area contributed by atoms with Gasteiger partial charge in [0.25, 0.3) is 0 Å². The average Bonchev–Trinajstić information content (AvgIpc) is 2.35. The highest BCUT2D eigenvalue weighted by Gasteiger charge is 2.11. The summed E-state index contributed by atoms with van der Waals surface area (Å²) in [6.45, 7) is 2.02. The zero-order valence-corrected chi connectivity index (χ0v) is 10.4. The Hall–Kier alpha value is -2.04. The number of amides is 2. The van der Waals surface area contributed by atoms with Gasteiger partial charge in [-0.25, -0.2) is 0 Å². The molecule has 0 saturated carbocycles. The van der Waals surface area contributed by atoms with Gasteiger partial charge in [-0.2, -0.15) is 0 Å². The summed E-state index contributed by atoms with van der Waals surface area (Å²) in [5.74, 6) is 0.0465. The molecule has 98 valence electrons. The van der Waals surface area contributed by atoms with Crippen molar-refractivity contribution in [2.45, 2.75) is 25.8 Å². The Labute approximate surface area is 106 Å². The molecule has 1 aromatic rings. The van der Waals surface area contributed by atoms with Crippen LogP contribution in [0, 0.1) is 0 Å². The van der Waals surface area contributed by atoms with Crippen LogP contribution in [0.4, 0.5) is 0 Å². The average molecular weight is 250 g/mol. The topological polar surface area (TPSA) is 81.4 Å². The van der Waals surface area contributed by atoms with Crippen molar-refractivity contribution in [3.8, 4) is 5.75 Å². The molecule has 0 radical (unpaired) electrons. The molecule has 1 rings (SSSR count). The van der Waals surface area contributed by atoms with Crippen LogP contribution in [0.2, 0.25) is 0 Å². The zero-order chi connectivity index (χ0) is 13.4. The number of ether oxygens (including phenoxy) is 1. The van der Waals surface area contributed by atoms with Crippen molar-refractivity contribution in [1.82, 2.24) is 5.32 Å². The summed E-state index contributed by atoms with van der Waals surface area (Å²) in [5.41, 5.74) is 5.04. The quantitative estimate of drug-likeness (QED) is 0.703. The normalized spacial score (nSPS) is 11.6. The Kier molecular flexibility index (Phi) is 5.70. The number of carbonyl (C=O) groups excluding carboxylic acids is 2. The molecule has 1 aromatic carbocycles. The monoisotopic (exact) mass is 250 g/mol. The number of primary amides is 1. The van der Waals surface area contributed by atoms with E-state index in [9.17, 15) is 9.59 Å². The number of nitrogens with one attached hydrogen (secondary N) is 1. The largest absolute Gasteiger partial charge is 0.494 e. The van der Waals surface area contributed by atoms with Crippen LogP contribution in [0.1, 0.15) is 19.8 Å². The second kappa shape index (κ2) is 7.32. The molecule has 0 aromatic heterocycles. The summed E-state index contributed by atoms with van der Waals surface area (Å²) in [7, 11) is 0. The maximum Gasteiger partial charge on any atom is 0.239 e. The molecular formula is C13H18N2O3. The second-order valence-electron chi connectivity index (χ2n) is 3.96. The van der Waals surface area contributed by atoms with E-state index >= 15 is 0 Å². The van der Waals surface area contributed by atoms with Crippen molar-refractivity contribution in [2.75, 3.05) is 6.61 Å². The van der Waals surface area contributed by atoms with E-state index in [1.807, 2.05) is 30.3 Å². The second-order valence-corrected chi connectivity index (χ2v) is 3.96. The van der Waals surface area contributed by atoms with E-state index in [2.05, 4.69) is 5.32 Å². The summed E-state index contributed by atoms with van der Waals surface area (Å²) in [6, 6.07) is 8.76. The Bertz CT molecular complexity index is 392. The van der Waals surface area contributed by atoms with Crippen LogP contribution in [0.15, 0.2) is 30.3 Å². The van der Waals surface area contributed by atoms with E-state index in [-0.39, 0.29) is 5.91 Å². The molecule has 1 unspecified atom stereocenters. The van der Waals surface area contributed by atoms with Gasteiger partial charge >= 0.3 is 0 Å². The highest BCUT2D eigenvalue weighted by Crippen LogP contribution is 2.08. The molecule has 0 aliphatic rings. The van der Waals surface area contributed by atoms with E-state index in [0.717, 1.165) is 5.75 Å². The lowest BCUT2D eigenvalue weighted by Gasteiger charge is -2.10. The predicted octanol–water partition coefficient (Wildman–Crippen LogP) is 0.836. The summed E-state index contributed by atoms with van der Waals surface area (Å²) < 4.78 is 5.44. The summed E-state index contributed by atoms with van der Waals surface area (Å²) in [4.78, 5) is 22.1. The summed E-state index contributed by atoms with van der Waals surface area (Å²) in [5, 5.41) is 2.51. The van der Waals surface area contributed by atoms with Crippen LogP contribution in [0.5, 0.6) is 5.75 Å². The Morgan fingerprint density at radius 3 is 2.61 bits per heavy atom. The molecule has 0 spiro atoms. The van der Waals surface area contributed by atoms with Crippen molar-refractivity contribution >= 4 is 11.8 Å². The Morgan fingerprint density at radius 2 is 2.00 bits per heavy atom. The van der Waals surface area contributed by atoms with Gasteiger partial charge < -0.3 is 15.8 Å². The number of benzene rings is 1. The van der Waals surface area contributed by atoms with Gasteiger partial charge in [-0.3, -0.25) is 9.59 Å². The third-order valence-corrected chi connectivity index (χ3v) is 2.36. The van der Waals surface area contributed by atoms with Crippen LogP contribution in [0.3, 0.4) is 0 Å². The fraction of sp³-hybridized carbons (Fsp3) is 0.385. The standard InChI is InChI=1S/C13H18N2O3/c1-10(13(14)17)15-12(16)8-5-9-18-11-6-3-2-4-7-11/h2-4,6-7,10H,5,8-9H2,1H3,(H2,14,17)(H,15,16). The fourth-order valence-electron chi connectivity index (χ4n) is 1.32. The van der Waals surface area contributed by atoms with E-state index in [4.69, 9.17) is 10.5 Å². The molecule has 0 aliphatic carbocycles. The first-order valence-electron chi connectivity index (χ1n) is 5.86. The first kappa shape index (κ1) is 14.0. The number of hydrogen-bond donors (Lipinski definition) is 2. The van der Waals surface area contributed by atoms with Gasteiger partial charge in [-0.05, 0) is 25.5 Å². The molecule has 18 heavy (non-hydrogen) atoms.